The summed E-state index contributed by atoms with van der Waals surface area (Å²) in [5.74, 6) is -0.615. The second-order valence-electron chi connectivity index (χ2n) is 6.50. The van der Waals surface area contributed by atoms with Gasteiger partial charge in [0, 0.05) is 11.3 Å². The summed E-state index contributed by atoms with van der Waals surface area (Å²) in [5.41, 5.74) is 6.45. The number of amides is 4. The highest BCUT2D eigenvalue weighted by Gasteiger charge is 2.17. The Morgan fingerprint density at radius 2 is 1.76 bits per heavy atom. The topological polar surface area (TPSA) is 164 Å². The molecule has 11 nitrogen and oxygen atoms in total. The van der Waals surface area contributed by atoms with Crippen LogP contribution in [0.4, 0.5) is 21.1 Å². The van der Waals surface area contributed by atoms with Crippen LogP contribution in [-0.2, 0) is 11.3 Å². The lowest BCUT2D eigenvalue weighted by atomic mass is 10.2. The fourth-order valence-electron chi connectivity index (χ4n) is 2.68. The Balaban J connectivity index is 1.58. The van der Waals surface area contributed by atoms with Gasteiger partial charge in [0.2, 0.25) is 0 Å². The number of aromatic nitrogens is 2. The summed E-state index contributed by atoms with van der Waals surface area (Å²) in [6, 6.07) is 17.6. The van der Waals surface area contributed by atoms with E-state index in [0.29, 0.717) is 5.69 Å². The van der Waals surface area contributed by atoms with Crippen LogP contribution in [0.5, 0.6) is 0 Å². The van der Waals surface area contributed by atoms with E-state index in [2.05, 4.69) is 20.6 Å². The maximum Gasteiger partial charge on any atom is 0.411 e. The number of imidazole rings is 1. The first-order valence-corrected chi connectivity index (χ1v) is 9.67. The number of nitrogens with one attached hydrogen (secondary N) is 2. The number of para-hydroxylation sites is 1. The quantitative estimate of drug-likeness (QED) is 0.491. The molecule has 0 aliphatic rings. The molecular formula is C22H19N7O4. The number of hydrogen-bond acceptors (Lipinski definition) is 7. The highest BCUT2D eigenvalue weighted by atomic mass is 16.5. The second-order valence-corrected chi connectivity index (χ2v) is 6.50. The summed E-state index contributed by atoms with van der Waals surface area (Å²) in [4.78, 5) is 43.6. The molecule has 0 aliphatic carbocycles. The second kappa shape index (κ2) is 10.9. The Labute approximate surface area is 188 Å². The van der Waals surface area contributed by atoms with Crippen molar-refractivity contribution in [1.82, 2.24) is 14.9 Å². The smallest absolute Gasteiger partial charge is 0.411 e. The predicted molar refractivity (Wildman–Crippen MR) is 120 cm³/mol. The zero-order valence-electron chi connectivity index (χ0n) is 17.3. The molecule has 33 heavy (non-hydrogen) atoms. The van der Waals surface area contributed by atoms with Crippen LogP contribution in [0.25, 0.3) is 0 Å². The molecule has 4 N–H and O–H groups in total. The van der Waals surface area contributed by atoms with Crippen molar-refractivity contribution >= 4 is 35.2 Å². The minimum Gasteiger partial charge on any atom is -0.447 e. The van der Waals surface area contributed by atoms with Gasteiger partial charge in [0.1, 0.15) is 24.2 Å². The van der Waals surface area contributed by atoms with Gasteiger partial charge in [-0.25, -0.2) is 14.6 Å². The van der Waals surface area contributed by atoms with Gasteiger partial charge in [0.25, 0.3) is 5.91 Å². The maximum absolute atomic E-state index is 12.1. The van der Waals surface area contributed by atoms with E-state index in [-0.39, 0.29) is 35.9 Å². The zero-order valence-corrected chi connectivity index (χ0v) is 17.3. The normalized spacial score (nSPS) is 10.7. The standard InChI is InChI=1S/C22H19N7O4/c23-13-17(27-21(31)28-20(30)15-7-3-1-4-8-15)18-19(24)29(14-25-18)11-12-33-22(32)26-16-9-5-2-6-10-16/h1-10,14H,11-12,24H2,(H,26,32)(H,28,30,31)/b27-17+. The van der Waals surface area contributed by atoms with Crippen molar-refractivity contribution in [3.05, 3.63) is 78.2 Å². The number of hydrogen-bond donors (Lipinski definition) is 3. The van der Waals surface area contributed by atoms with Crippen LogP contribution < -0.4 is 16.4 Å². The molecule has 3 aromatic rings. The van der Waals surface area contributed by atoms with E-state index >= 15 is 0 Å². The summed E-state index contributed by atoms with van der Waals surface area (Å²) < 4.78 is 6.54. The highest BCUT2D eigenvalue weighted by Crippen LogP contribution is 2.12. The average Bonchev–Trinajstić information content (AvgIpc) is 3.18. The SMILES string of the molecule is N#C/C(=N\C(=O)NC(=O)c1ccccc1)c1ncn(CCOC(=O)Nc2ccccc2)c1N. The highest BCUT2D eigenvalue weighted by molar-refractivity contribution is 6.18. The molecule has 0 saturated heterocycles. The molecule has 0 spiro atoms. The summed E-state index contributed by atoms with van der Waals surface area (Å²) >= 11 is 0. The first kappa shape index (κ1) is 22.7. The van der Waals surface area contributed by atoms with Crippen molar-refractivity contribution in [2.24, 2.45) is 4.99 Å². The number of nitrogen functional groups attached to an aromatic ring is 1. The lowest BCUT2D eigenvalue weighted by Crippen LogP contribution is -2.28. The van der Waals surface area contributed by atoms with Crippen LogP contribution in [0.3, 0.4) is 0 Å². The molecule has 0 aliphatic heterocycles. The van der Waals surface area contributed by atoms with E-state index in [1.807, 2.05) is 6.07 Å². The fraction of sp³-hybridized carbons (Fsp3) is 0.0909. The Morgan fingerprint density at radius 1 is 1.09 bits per heavy atom. The van der Waals surface area contributed by atoms with Crippen molar-refractivity contribution in [3.63, 3.8) is 0 Å². The van der Waals surface area contributed by atoms with Crippen molar-refractivity contribution < 1.29 is 19.1 Å². The third kappa shape index (κ3) is 6.25. The summed E-state index contributed by atoms with van der Waals surface area (Å²) in [6.07, 6.45) is 0.683. The fourth-order valence-corrected chi connectivity index (χ4v) is 2.68. The molecule has 1 aromatic heterocycles. The van der Waals surface area contributed by atoms with Crippen LogP contribution in [0, 0.1) is 11.3 Å². The van der Waals surface area contributed by atoms with Gasteiger partial charge in [-0.05, 0) is 24.3 Å². The molecular weight excluding hydrogens is 426 g/mol. The van der Waals surface area contributed by atoms with Gasteiger partial charge < -0.3 is 15.0 Å². The molecule has 11 heteroatoms. The number of nitrogens with two attached hydrogens (primary N) is 1. The van der Waals surface area contributed by atoms with Crippen molar-refractivity contribution in [2.75, 3.05) is 17.7 Å². The van der Waals surface area contributed by atoms with Crippen molar-refractivity contribution in [1.29, 1.82) is 5.26 Å². The van der Waals surface area contributed by atoms with E-state index in [1.54, 1.807) is 48.5 Å². The molecule has 4 amide bonds. The summed E-state index contributed by atoms with van der Waals surface area (Å²) in [5, 5.41) is 14.0. The molecule has 0 fully saturated rings. The third-order valence-corrected chi connectivity index (χ3v) is 4.26. The Kier molecular flexibility index (Phi) is 7.48. The van der Waals surface area contributed by atoms with E-state index in [1.165, 1.54) is 23.0 Å². The van der Waals surface area contributed by atoms with E-state index in [9.17, 15) is 19.6 Å². The van der Waals surface area contributed by atoms with Gasteiger partial charge in [-0.2, -0.15) is 10.3 Å². The minimum absolute atomic E-state index is 0.0240. The zero-order chi connectivity index (χ0) is 23.6. The summed E-state index contributed by atoms with van der Waals surface area (Å²) in [7, 11) is 0. The molecule has 166 valence electrons. The van der Waals surface area contributed by atoms with E-state index in [4.69, 9.17) is 10.5 Å². The Morgan fingerprint density at radius 3 is 2.42 bits per heavy atom. The number of nitriles is 1. The molecule has 0 unspecified atom stereocenters. The van der Waals surface area contributed by atoms with Crippen LogP contribution >= 0.6 is 0 Å². The van der Waals surface area contributed by atoms with Gasteiger partial charge in [-0.15, -0.1) is 0 Å². The van der Waals surface area contributed by atoms with Gasteiger partial charge in [-0.1, -0.05) is 36.4 Å². The van der Waals surface area contributed by atoms with Crippen LogP contribution in [0.15, 0.2) is 72.0 Å². The largest absolute Gasteiger partial charge is 0.447 e. The predicted octanol–water partition coefficient (Wildman–Crippen LogP) is 2.58. The third-order valence-electron chi connectivity index (χ3n) is 4.26. The number of nitrogens with zero attached hydrogens (tertiary/aromatic N) is 4. The van der Waals surface area contributed by atoms with Gasteiger partial charge in [0.15, 0.2) is 5.71 Å². The molecule has 2 aromatic carbocycles. The average molecular weight is 445 g/mol. The van der Waals surface area contributed by atoms with E-state index in [0.717, 1.165) is 0 Å². The lowest BCUT2D eigenvalue weighted by Gasteiger charge is -2.08. The van der Waals surface area contributed by atoms with Crippen LogP contribution in [0.1, 0.15) is 16.1 Å². The maximum atomic E-state index is 12.1. The van der Waals surface area contributed by atoms with Crippen LogP contribution in [0.2, 0.25) is 0 Å². The number of carbonyl (C=O) groups excluding carboxylic acids is 3. The van der Waals surface area contributed by atoms with Crippen molar-refractivity contribution in [3.8, 4) is 6.07 Å². The van der Waals surface area contributed by atoms with Gasteiger partial charge in [-0.3, -0.25) is 15.4 Å². The number of ether oxygens (including phenoxy) is 1. The van der Waals surface area contributed by atoms with Crippen LogP contribution in [-0.4, -0.2) is 39.9 Å². The van der Waals surface area contributed by atoms with Gasteiger partial charge in [0.05, 0.1) is 12.9 Å². The number of imide groups is 1. The molecule has 1 heterocycles. The molecule has 0 atom stereocenters. The molecule has 0 bridgehead atoms. The Bertz CT molecular complexity index is 1210. The number of aliphatic imine (C=N–C) groups is 1. The van der Waals surface area contributed by atoms with Crippen molar-refractivity contribution in [2.45, 2.75) is 6.54 Å². The minimum atomic E-state index is -1.03. The Hall–Kier alpha value is -4.98. The lowest BCUT2D eigenvalue weighted by molar-refractivity contribution is 0.0966. The monoisotopic (exact) mass is 445 g/mol. The summed E-state index contributed by atoms with van der Waals surface area (Å²) in [6.45, 7) is 0.127. The molecule has 0 radical (unpaired) electrons. The van der Waals surface area contributed by atoms with Gasteiger partial charge >= 0.3 is 12.1 Å². The number of urea groups is 1. The number of carbonyl (C=O) groups is 3. The number of anilines is 2. The van der Waals surface area contributed by atoms with E-state index < -0.39 is 18.0 Å². The first-order chi connectivity index (χ1) is 16.0. The number of benzene rings is 2. The first-order valence-electron chi connectivity index (χ1n) is 9.67. The number of rotatable bonds is 6. The molecule has 0 saturated carbocycles. The molecule has 3 rings (SSSR count).